The zero-order valence-electron chi connectivity index (χ0n) is 12.2. The highest BCUT2D eigenvalue weighted by Gasteiger charge is 2.51. The topological polar surface area (TPSA) is 74.6 Å². The number of rotatable bonds is 8. The lowest BCUT2D eigenvalue weighted by atomic mass is 9.62. The minimum absolute atomic E-state index is 0.158. The van der Waals surface area contributed by atoms with E-state index in [0.29, 0.717) is 6.42 Å². The van der Waals surface area contributed by atoms with Gasteiger partial charge in [-0.15, -0.1) is 0 Å². The van der Waals surface area contributed by atoms with Crippen molar-refractivity contribution < 1.29 is 19.8 Å². The van der Waals surface area contributed by atoms with Crippen molar-refractivity contribution in [2.75, 3.05) is 0 Å². The van der Waals surface area contributed by atoms with Crippen LogP contribution in [0.2, 0.25) is 0 Å². The molecule has 1 aliphatic rings. The first-order valence-electron chi connectivity index (χ1n) is 7.32. The van der Waals surface area contributed by atoms with Gasteiger partial charge in [0, 0.05) is 0 Å². The molecule has 0 aromatic carbocycles. The molecule has 0 bridgehead atoms. The van der Waals surface area contributed by atoms with E-state index in [1.165, 1.54) is 6.08 Å². The minimum atomic E-state index is -1.32. The van der Waals surface area contributed by atoms with E-state index in [4.69, 9.17) is 0 Å². The van der Waals surface area contributed by atoms with E-state index >= 15 is 0 Å². The van der Waals surface area contributed by atoms with E-state index < -0.39 is 23.3 Å². The quantitative estimate of drug-likeness (QED) is 0.667. The summed E-state index contributed by atoms with van der Waals surface area (Å²) in [6.07, 6.45) is 10.8. The molecule has 0 aromatic heterocycles. The van der Waals surface area contributed by atoms with Gasteiger partial charge in [-0.2, -0.15) is 0 Å². The molecule has 3 atom stereocenters. The van der Waals surface area contributed by atoms with Crippen molar-refractivity contribution in [1.82, 2.24) is 0 Å². The fourth-order valence-electron chi connectivity index (χ4n) is 3.13. The Morgan fingerprint density at radius 2 is 1.90 bits per heavy atom. The molecule has 0 heterocycles. The van der Waals surface area contributed by atoms with E-state index in [1.807, 2.05) is 6.92 Å². The van der Waals surface area contributed by atoms with Crippen LogP contribution in [-0.2, 0) is 9.59 Å². The van der Waals surface area contributed by atoms with Crippen LogP contribution in [0.5, 0.6) is 0 Å². The molecule has 0 saturated heterocycles. The summed E-state index contributed by atoms with van der Waals surface area (Å²) in [7, 11) is 0. The number of carbonyl (C=O) groups is 2. The van der Waals surface area contributed by atoms with Gasteiger partial charge in [-0.1, -0.05) is 63.8 Å². The van der Waals surface area contributed by atoms with Crippen LogP contribution in [0.1, 0.15) is 46.0 Å². The van der Waals surface area contributed by atoms with Gasteiger partial charge in [0.25, 0.3) is 0 Å². The summed E-state index contributed by atoms with van der Waals surface area (Å²) >= 11 is 0. The van der Waals surface area contributed by atoms with Gasteiger partial charge in [-0.25, -0.2) is 0 Å². The third-order valence-corrected chi connectivity index (χ3v) is 4.26. The average molecular weight is 280 g/mol. The highest BCUT2D eigenvalue weighted by Crippen LogP contribution is 2.45. The highest BCUT2D eigenvalue weighted by molar-refractivity contribution is 5.87. The molecule has 20 heavy (non-hydrogen) atoms. The van der Waals surface area contributed by atoms with Crippen LogP contribution in [0.4, 0.5) is 0 Å². The first-order chi connectivity index (χ1) is 9.50. The van der Waals surface area contributed by atoms with Crippen molar-refractivity contribution in [2.45, 2.75) is 46.0 Å². The van der Waals surface area contributed by atoms with Gasteiger partial charge in [0.15, 0.2) is 0 Å². The second-order valence-electron chi connectivity index (χ2n) is 5.40. The number of hydrogen-bond donors (Lipinski definition) is 2. The third-order valence-electron chi connectivity index (χ3n) is 4.26. The molecule has 1 aliphatic carbocycles. The average Bonchev–Trinajstić information content (AvgIpc) is 2.43. The van der Waals surface area contributed by atoms with Gasteiger partial charge in [-0.05, 0) is 12.3 Å². The highest BCUT2D eigenvalue weighted by atomic mass is 16.4. The predicted octanol–water partition coefficient (Wildman–Crippen LogP) is 3.49. The maximum atomic E-state index is 11.9. The number of aliphatic carboxylic acids is 2. The van der Waals surface area contributed by atoms with Gasteiger partial charge < -0.3 is 10.2 Å². The first kappa shape index (κ1) is 16.5. The van der Waals surface area contributed by atoms with Crippen molar-refractivity contribution in [1.29, 1.82) is 0 Å². The van der Waals surface area contributed by atoms with E-state index in [1.54, 1.807) is 18.2 Å². The van der Waals surface area contributed by atoms with E-state index in [9.17, 15) is 19.8 Å². The fourth-order valence-corrected chi connectivity index (χ4v) is 3.13. The molecule has 1 rings (SSSR count). The van der Waals surface area contributed by atoms with Crippen LogP contribution in [-0.4, -0.2) is 22.2 Å². The molecule has 4 nitrogen and oxygen atoms in total. The molecular formula is C16H24O4. The minimum Gasteiger partial charge on any atom is -0.481 e. The monoisotopic (exact) mass is 280 g/mol. The third kappa shape index (κ3) is 3.11. The van der Waals surface area contributed by atoms with Gasteiger partial charge in [0.1, 0.15) is 5.41 Å². The molecule has 2 N–H and O–H groups in total. The van der Waals surface area contributed by atoms with Gasteiger partial charge >= 0.3 is 11.9 Å². The molecule has 0 saturated carbocycles. The number of carboxylic acids is 2. The second-order valence-corrected chi connectivity index (χ2v) is 5.40. The smallest absolute Gasteiger partial charge is 0.315 e. The molecule has 0 fully saturated rings. The molecule has 112 valence electrons. The van der Waals surface area contributed by atoms with Gasteiger partial charge in [0.05, 0.1) is 5.92 Å². The largest absolute Gasteiger partial charge is 0.481 e. The summed E-state index contributed by atoms with van der Waals surface area (Å²) in [5.74, 6) is -3.25. The van der Waals surface area contributed by atoms with E-state index in [-0.39, 0.29) is 5.92 Å². The summed E-state index contributed by atoms with van der Waals surface area (Å²) < 4.78 is 0. The zero-order chi connectivity index (χ0) is 15.2. The van der Waals surface area contributed by atoms with Crippen molar-refractivity contribution in [3.63, 3.8) is 0 Å². The maximum Gasteiger partial charge on any atom is 0.315 e. The first-order valence-corrected chi connectivity index (χ1v) is 7.32. The number of unbranched alkanes of at least 4 members (excludes halogenated alkanes) is 2. The predicted molar refractivity (Wildman–Crippen MR) is 77.4 cm³/mol. The lowest BCUT2D eigenvalue weighted by molar-refractivity contribution is -0.160. The molecule has 0 amide bonds. The van der Waals surface area contributed by atoms with Crippen LogP contribution in [0.3, 0.4) is 0 Å². The normalized spacial score (nSPS) is 26.4. The van der Waals surface area contributed by atoms with Crippen molar-refractivity contribution in [3.8, 4) is 0 Å². The maximum absolute atomic E-state index is 11.9. The summed E-state index contributed by atoms with van der Waals surface area (Å²) in [4.78, 5) is 23.4. The van der Waals surface area contributed by atoms with E-state index in [2.05, 4.69) is 6.92 Å². The summed E-state index contributed by atoms with van der Waals surface area (Å²) in [6, 6.07) is 0. The Hall–Kier alpha value is -1.58. The summed E-state index contributed by atoms with van der Waals surface area (Å²) in [5, 5.41) is 19.1. The molecule has 0 aromatic rings. The Morgan fingerprint density at radius 1 is 1.20 bits per heavy atom. The number of allylic oxidation sites excluding steroid dienone is 2. The number of hydrogen-bond acceptors (Lipinski definition) is 2. The Labute approximate surface area is 120 Å². The van der Waals surface area contributed by atoms with Crippen LogP contribution < -0.4 is 0 Å². The summed E-state index contributed by atoms with van der Waals surface area (Å²) in [6.45, 7) is 4.03. The van der Waals surface area contributed by atoms with Crippen LogP contribution in [0.15, 0.2) is 24.3 Å². The fraction of sp³-hybridized carbons (Fsp3) is 0.625. The molecule has 4 heteroatoms. The van der Waals surface area contributed by atoms with Crippen LogP contribution in [0.25, 0.3) is 0 Å². The lowest BCUT2D eigenvalue weighted by Crippen LogP contribution is -2.46. The molecular weight excluding hydrogens is 256 g/mol. The lowest BCUT2D eigenvalue weighted by Gasteiger charge is -2.39. The number of carboxylic acid groups (broad SMARTS) is 2. The Kier molecular flexibility index (Phi) is 5.99. The second kappa shape index (κ2) is 7.27. The van der Waals surface area contributed by atoms with Crippen LogP contribution >= 0.6 is 0 Å². The van der Waals surface area contributed by atoms with Gasteiger partial charge in [0.2, 0.25) is 0 Å². The Bertz CT molecular complexity index is 411. The van der Waals surface area contributed by atoms with E-state index in [0.717, 1.165) is 25.7 Å². The molecule has 0 radical (unpaired) electrons. The Morgan fingerprint density at radius 3 is 2.40 bits per heavy atom. The molecule has 0 spiro atoms. The SMILES string of the molecule is CCCCCC(CC)[C@@]1(C(=O)O)C=CC=C[C@@H]1C(=O)O. The molecule has 0 aliphatic heterocycles. The van der Waals surface area contributed by atoms with Crippen molar-refractivity contribution in [2.24, 2.45) is 17.3 Å². The zero-order valence-corrected chi connectivity index (χ0v) is 12.2. The standard InChI is InChI=1S/C16H24O4/c1-3-5-6-9-12(4-2)16(15(19)20)11-8-7-10-13(16)14(17)18/h7-8,10-13H,3-6,9H2,1-2H3,(H,17,18)(H,19,20)/t12?,13-,16+/m1/s1. The van der Waals surface area contributed by atoms with Gasteiger partial charge in [-0.3, -0.25) is 9.59 Å². The Balaban J connectivity index is 3.11. The van der Waals surface area contributed by atoms with Crippen LogP contribution in [0, 0.1) is 17.3 Å². The molecule has 1 unspecified atom stereocenters. The van der Waals surface area contributed by atoms with Crippen molar-refractivity contribution in [3.05, 3.63) is 24.3 Å². The summed E-state index contributed by atoms with van der Waals surface area (Å²) in [5.41, 5.74) is -1.32. The van der Waals surface area contributed by atoms with Crippen molar-refractivity contribution >= 4 is 11.9 Å².